The van der Waals surface area contributed by atoms with Crippen LogP contribution in [0.4, 0.5) is 4.79 Å². The van der Waals surface area contributed by atoms with Gasteiger partial charge in [0.1, 0.15) is 0 Å². The Morgan fingerprint density at radius 2 is 1.48 bits per heavy atom. The van der Waals surface area contributed by atoms with Gasteiger partial charge in [0.15, 0.2) is 0 Å². The Bertz CT molecular complexity index is 365. The molecule has 0 atom stereocenters. The number of hydrogen-bond donors (Lipinski definition) is 2. The predicted octanol–water partition coefficient (Wildman–Crippen LogP) is 1.28. The summed E-state index contributed by atoms with van der Waals surface area (Å²) in [6, 6.07) is 7.39. The molecule has 4 nitrogen and oxygen atoms in total. The molecule has 1 aromatic rings. The molecule has 0 aromatic heterocycles. The number of carboxylic acid groups (broad SMARTS) is 2. The van der Waals surface area contributed by atoms with Gasteiger partial charge in [0.2, 0.25) is 0 Å². The standard InChI is InChI=1S/C15H24O.CH2O3.Na/c1-2-3-4-5-6-7-8-11-14-12-9-10-13-15(14)16;2-1(3)4;/h9-10,12-13,16H,2-8,11H2,1H3;(H2,2,3,4);/q;;+1/p-1. The molecule has 21 heavy (non-hydrogen) atoms. The van der Waals surface area contributed by atoms with Crippen LogP contribution in [0.3, 0.4) is 0 Å². The van der Waals surface area contributed by atoms with Crippen LogP contribution in [0, 0.1) is 0 Å². The fourth-order valence-corrected chi connectivity index (χ4v) is 1.98. The van der Waals surface area contributed by atoms with E-state index in [2.05, 4.69) is 6.92 Å². The first-order valence-electron chi connectivity index (χ1n) is 7.24. The fourth-order valence-electron chi connectivity index (χ4n) is 1.98. The van der Waals surface area contributed by atoms with Crippen LogP contribution in [0.15, 0.2) is 24.3 Å². The van der Waals surface area contributed by atoms with Gasteiger partial charge in [-0.3, -0.25) is 0 Å². The van der Waals surface area contributed by atoms with Crippen LogP contribution < -0.4 is 34.7 Å². The smallest absolute Gasteiger partial charge is 0.872 e. The maximum absolute atomic E-state index is 11.4. The van der Waals surface area contributed by atoms with E-state index in [4.69, 9.17) is 15.0 Å². The molecule has 0 saturated carbocycles. The van der Waals surface area contributed by atoms with Crippen LogP contribution in [0.25, 0.3) is 0 Å². The summed E-state index contributed by atoms with van der Waals surface area (Å²) in [6.45, 7) is 2.24. The Morgan fingerprint density at radius 1 is 1.00 bits per heavy atom. The second-order valence-electron chi connectivity index (χ2n) is 4.76. The minimum absolute atomic E-state index is 0. The van der Waals surface area contributed by atoms with Crippen molar-refractivity contribution in [2.45, 2.75) is 58.3 Å². The van der Waals surface area contributed by atoms with Crippen molar-refractivity contribution >= 4 is 6.16 Å². The molecule has 0 heterocycles. The fraction of sp³-hybridized carbons (Fsp3) is 0.562. The SMILES string of the molecule is CCCCCCCCCc1ccccc1[O-].O=C(O)O.[Na+]. The topological polar surface area (TPSA) is 80.6 Å². The molecule has 0 fully saturated rings. The molecule has 0 amide bonds. The molecule has 0 radical (unpaired) electrons. The maximum atomic E-state index is 11.4. The van der Waals surface area contributed by atoms with E-state index in [0.29, 0.717) is 0 Å². The van der Waals surface area contributed by atoms with Gasteiger partial charge in [-0.1, -0.05) is 75.3 Å². The van der Waals surface area contributed by atoms with Crippen molar-refractivity contribution in [3.63, 3.8) is 0 Å². The monoisotopic (exact) mass is 304 g/mol. The van der Waals surface area contributed by atoms with Crippen molar-refractivity contribution in [1.29, 1.82) is 0 Å². The van der Waals surface area contributed by atoms with Gasteiger partial charge in [-0.15, -0.1) is 5.75 Å². The number of unbranched alkanes of at least 4 members (excludes halogenated alkanes) is 6. The van der Waals surface area contributed by atoms with E-state index in [1.807, 2.05) is 18.2 Å². The minimum atomic E-state index is -1.83. The Kier molecular flexibility index (Phi) is 16.8. The third-order valence-electron chi connectivity index (χ3n) is 3.02. The summed E-state index contributed by atoms with van der Waals surface area (Å²) in [6.07, 6.45) is 8.26. The van der Waals surface area contributed by atoms with Crippen LogP contribution in [-0.4, -0.2) is 16.4 Å². The second-order valence-corrected chi connectivity index (χ2v) is 4.76. The summed E-state index contributed by atoms with van der Waals surface area (Å²) < 4.78 is 0. The maximum Gasteiger partial charge on any atom is 1.00 e. The summed E-state index contributed by atoms with van der Waals surface area (Å²) in [4.78, 5) is 8.56. The van der Waals surface area contributed by atoms with Gasteiger partial charge in [-0.2, -0.15) is 0 Å². The Balaban J connectivity index is 0. The number of carbonyl (C=O) groups is 1. The van der Waals surface area contributed by atoms with Crippen molar-refractivity contribution < 1.29 is 49.7 Å². The quantitative estimate of drug-likeness (QED) is 0.560. The van der Waals surface area contributed by atoms with Crippen LogP contribution >= 0.6 is 0 Å². The van der Waals surface area contributed by atoms with Crippen molar-refractivity contribution in [2.24, 2.45) is 0 Å². The molecule has 114 valence electrons. The summed E-state index contributed by atoms with van der Waals surface area (Å²) in [7, 11) is 0. The van der Waals surface area contributed by atoms with E-state index < -0.39 is 6.16 Å². The van der Waals surface area contributed by atoms with Gasteiger partial charge >= 0.3 is 35.7 Å². The van der Waals surface area contributed by atoms with E-state index in [0.717, 1.165) is 18.4 Å². The van der Waals surface area contributed by atoms with E-state index in [1.54, 1.807) is 6.07 Å². The summed E-state index contributed by atoms with van der Waals surface area (Å²) in [5.74, 6) is 0.202. The van der Waals surface area contributed by atoms with Crippen LogP contribution in [0.5, 0.6) is 5.75 Å². The molecular weight excluding hydrogens is 279 g/mol. The number of aryl methyl sites for hydroxylation is 1. The van der Waals surface area contributed by atoms with Gasteiger partial charge in [-0.05, 0) is 12.8 Å². The average molecular weight is 304 g/mol. The second kappa shape index (κ2) is 15.7. The zero-order chi connectivity index (χ0) is 15.2. The van der Waals surface area contributed by atoms with Crippen LogP contribution in [0.1, 0.15) is 57.4 Å². The van der Waals surface area contributed by atoms with E-state index in [-0.39, 0.29) is 35.3 Å². The molecule has 5 heteroatoms. The zero-order valence-corrected chi connectivity index (χ0v) is 15.2. The van der Waals surface area contributed by atoms with Gasteiger partial charge < -0.3 is 15.3 Å². The molecule has 0 aliphatic carbocycles. The first kappa shape index (κ1) is 22.6. The van der Waals surface area contributed by atoms with Crippen molar-refractivity contribution in [3.05, 3.63) is 29.8 Å². The van der Waals surface area contributed by atoms with Crippen LogP contribution in [-0.2, 0) is 6.42 Å². The van der Waals surface area contributed by atoms with Crippen molar-refractivity contribution in [1.82, 2.24) is 0 Å². The molecular formula is C16H25NaO4. The molecule has 0 saturated heterocycles. The summed E-state index contributed by atoms with van der Waals surface area (Å²) in [5, 5.41) is 25.4. The number of benzene rings is 1. The first-order valence-corrected chi connectivity index (χ1v) is 7.24. The first-order chi connectivity index (χ1) is 9.57. The molecule has 0 spiro atoms. The normalized spacial score (nSPS) is 9.19. The van der Waals surface area contributed by atoms with Gasteiger partial charge in [0, 0.05) is 0 Å². The average Bonchev–Trinajstić information content (AvgIpc) is 2.39. The predicted molar refractivity (Wildman–Crippen MR) is 78.2 cm³/mol. The van der Waals surface area contributed by atoms with Crippen molar-refractivity contribution in [2.75, 3.05) is 0 Å². The van der Waals surface area contributed by atoms with E-state index in [1.165, 1.54) is 38.5 Å². The largest absolute Gasteiger partial charge is 1.00 e. The third-order valence-corrected chi connectivity index (χ3v) is 3.02. The van der Waals surface area contributed by atoms with Gasteiger partial charge in [0.25, 0.3) is 0 Å². The minimum Gasteiger partial charge on any atom is -0.872 e. The summed E-state index contributed by atoms with van der Waals surface area (Å²) >= 11 is 0. The number of hydrogen-bond acceptors (Lipinski definition) is 2. The molecule has 0 unspecified atom stereocenters. The van der Waals surface area contributed by atoms with Gasteiger partial charge in [0.05, 0.1) is 0 Å². The molecule has 1 rings (SSSR count). The van der Waals surface area contributed by atoms with E-state index >= 15 is 0 Å². The van der Waals surface area contributed by atoms with Gasteiger partial charge in [-0.25, -0.2) is 4.79 Å². The Labute approximate surface area is 149 Å². The third kappa shape index (κ3) is 15.5. The molecule has 0 aliphatic heterocycles. The molecule has 2 N–H and O–H groups in total. The summed E-state index contributed by atoms with van der Waals surface area (Å²) in [5.41, 5.74) is 0.982. The van der Waals surface area contributed by atoms with E-state index in [9.17, 15) is 5.11 Å². The Morgan fingerprint density at radius 3 is 2.00 bits per heavy atom. The number of rotatable bonds is 8. The van der Waals surface area contributed by atoms with Crippen LogP contribution in [0.2, 0.25) is 0 Å². The zero-order valence-electron chi connectivity index (χ0n) is 13.2. The van der Waals surface area contributed by atoms with Crippen molar-refractivity contribution in [3.8, 4) is 5.75 Å². The molecule has 1 aromatic carbocycles. The Hall–Kier alpha value is -0.710. The molecule has 0 aliphatic rings. The molecule has 0 bridgehead atoms. The number of para-hydroxylation sites is 1.